The third-order valence-electron chi connectivity index (χ3n) is 9.21. The maximum absolute atomic E-state index is 8.82. The molecule has 0 saturated heterocycles. The number of hydrogen-bond acceptors (Lipinski definition) is 3. The number of hydrogen-bond donors (Lipinski definition) is 2. The van der Waals surface area contributed by atoms with E-state index in [0.29, 0.717) is 6.61 Å². The van der Waals surface area contributed by atoms with Gasteiger partial charge in [-0.25, -0.2) is 0 Å². The maximum Gasteiger partial charge on any atom is 0.633 e. The minimum absolute atomic E-state index is 0.221. The summed E-state index contributed by atoms with van der Waals surface area (Å²) in [5, 5.41) is 17.6. The Bertz CT molecular complexity index is 960. The van der Waals surface area contributed by atoms with Gasteiger partial charge in [0.15, 0.2) is 0 Å². The van der Waals surface area contributed by atoms with Gasteiger partial charge in [-0.3, -0.25) is 0 Å². The van der Waals surface area contributed by atoms with Crippen LogP contribution in [0.4, 0.5) is 0 Å². The molecule has 0 saturated carbocycles. The first-order chi connectivity index (χ1) is 22.0. The lowest BCUT2D eigenvalue weighted by molar-refractivity contribution is -0.929. The molecule has 0 aliphatic heterocycles. The Morgan fingerprint density at radius 2 is 0.867 bits per heavy atom. The zero-order valence-electron chi connectivity index (χ0n) is 29.0. The van der Waals surface area contributed by atoms with Gasteiger partial charge in [0.05, 0.1) is 26.2 Å². The lowest BCUT2D eigenvalue weighted by Crippen LogP contribution is -2.50. The second-order valence-corrected chi connectivity index (χ2v) is 12.7. The molecule has 0 atom stereocenters. The standard InChI is InChI=1S/C24H27BO3.C16H36N/c26-25(27)28-20-12-4-11-19-24(21-13-5-1-6-14-21,22-15-7-2-8-16-22)23-17-9-3-10-18-23;1-5-9-13-17(14-10-6-2,15-11-7-3)16-12-8-4/h1-3,5-10,13-18,26-27H,4,11-12,19-20H2;5-16H2,1-4H3/q;+1. The molecule has 0 amide bonds. The molecule has 0 fully saturated rings. The molecule has 5 heteroatoms. The molecule has 45 heavy (non-hydrogen) atoms. The van der Waals surface area contributed by atoms with E-state index >= 15 is 0 Å². The van der Waals surface area contributed by atoms with E-state index in [0.717, 1.165) is 25.7 Å². The second kappa shape index (κ2) is 23.0. The molecule has 0 radical (unpaired) electrons. The van der Waals surface area contributed by atoms with Crippen LogP contribution < -0.4 is 0 Å². The molecule has 3 aromatic rings. The Kier molecular flexibility index (Phi) is 19.8. The first-order valence-corrected chi connectivity index (χ1v) is 18.0. The summed E-state index contributed by atoms with van der Waals surface area (Å²) >= 11 is 0. The van der Waals surface area contributed by atoms with Gasteiger partial charge in [-0.1, -0.05) is 157 Å². The number of rotatable bonds is 22. The van der Waals surface area contributed by atoms with E-state index in [1.54, 1.807) is 0 Å². The van der Waals surface area contributed by atoms with Crippen molar-refractivity contribution in [1.82, 2.24) is 0 Å². The minimum atomic E-state index is -1.68. The smallest absolute Gasteiger partial charge is 0.402 e. The third-order valence-corrected chi connectivity index (χ3v) is 9.21. The van der Waals surface area contributed by atoms with Crippen LogP contribution in [0.5, 0.6) is 0 Å². The number of unbranched alkanes of at least 4 members (excludes halogenated alkanes) is 6. The van der Waals surface area contributed by atoms with Crippen molar-refractivity contribution in [2.24, 2.45) is 0 Å². The summed E-state index contributed by atoms with van der Waals surface area (Å²) in [5.74, 6) is 0. The molecule has 0 aliphatic rings. The van der Waals surface area contributed by atoms with Crippen molar-refractivity contribution in [2.45, 2.75) is 110 Å². The molecule has 0 aromatic heterocycles. The first-order valence-electron chi connectivity index (χ1n) is 18.0. The van der Waals surface area contributed by atoms with E-state index in [1.807, 2.05) is 0 Å². The molecule has 3 aromatic carbocycles. The highest BCUT2D eigenvalue weighted by atomic mass is 16.6. The Balaban J connectivity index is 0.000000358. The van der Waals surface area contributed by atoms with Crippen LogP contribution in [0.25, 0.3) is 0 Å². The number of nitrogens with zero attached hydrogens (tertiary/aromatic N) is 1. The van der Waals surface area contributed by atoms with Gasteiger partial charge in [-0.2, -0.15) is 0 Å². The quantitative estimate of drug-likeness (QED) is 0.0512. The maximum atomic E-state index is 8.82. The van der Waals surface area contributed by atoms with E-state index in [4.69, 9.17) is 14.7 Å². The third kappa shape index (κ3) is 13.4. The predicted molar refractivity (Wildman–Crippen MR) is 193 cm³/mol. The van der Waals surface area contributed by atoms with Gasteiger partial charge in [0.1, 0.15) is 0 Å². The van der Waals surface area contributed by atoms with Gasteiger partial charge in [0.2, 0.25) is 0 Å². The average molecular weight is 617 g/mol. The summed E-state index contributed by atoms with van der Waals surface area (Å²) in [6, 6.07) is 32.1. The highest BCUT2D eigenvalue weighted by molar-refractivity contribution is 6.32. The van der Waals surface area contributed by atoms with E-state index in [9.17, 15) is 0 Å². The van der Waals surface area contributed by atoms with Crippen LogP contribution in [0.15, 0.2) is 91.0 Å². The van der Waals surface area contributed by atoms with Crippen molar-refractivity contribution in [1.29, 1.82) is 0 Å². The monoisotopic (exact) mass is 616 g/mol. The van der Waals surface area contributed by atoms with Crippen molar-refractivity contribution < 1.29 is 19.2 Å². The minimum Gasteiger partial charge on any atom is -0.402 e. The van der Waals surface area contributed by atoms with Gasteiger partial charge >= 0.3 is 7.32 Å². The Morgan fingerprint density at radius 1 is 0.511 bits per heavy atom. The number of benzene rings is 3. The van der Waals surface area contributed by atoms with E-state index in [1.165, 1.54) is 98.7 Å². The van der Waals surface area contributed by atoms with Crippen LogP contribution in [0, 0.1) is 0 Å². The van der Waals surface area contributed by atoms with Crippen LogP contribution in [0.3, 0.4) is 0 Å². The summed E-state index contributed by atoms with van der Waals surface area (Å²) in [5.41, 5.74) is 3.64. The largest absolute Gasteiger partial charge is 0.633 e. The first kappa shape index (κ1) is 38.7. The number of quaternary nitrogens is 1. The highest BCUT2D eigenvalue weighted by Crippen LogP contribution is 2.43. The molecule has 4 nitrogen and oxygen atoms in total. The van der Waals surface area contributed by atoms with Gasteiger partial charge in [-0.05, 0) is 55.2 Å². The lowest BCUT2D eigenvalue weighted by Gasteiger charge is -2.39. The summed E-state index contributed by atoms with van der Waals surface area (Å²) in [6.45, 7) is 15.4. The molecular formula is C40H63BNO3+. The van der Waals surface area contributed by atoms with Crippen molar-refractivity contribution in [2.75, 3.05) is 32.8 Å². The average Bonchev–Trinajstić information content (AvgIpc) is 3.09. The van der Waals surface area contributed by atoms with Gasteiger partial charge < -0.3 is 19.2 Å². The van der Waals surface area contributed by atoms with Gasteiger partial charge in [-0.15, -0.1) is 0 Å². The fourth-order valence-corrected chi connectivity index (χ4v) is 6.60. The van der Waals surface area contributed by atoms with E-state index < -0.39 is 7.32 Å². The molecule has 0 heterocycles. The van der Waals surface area contributed by atoms with Crippen molar-refractivity contribution in [3.8, 4) is 0 Å². The van der Waals surface area contributed by atoms with E-state index in [2.05, 4.69) is 119 Å². The summed E-state index contributed by atoms with van der Waals surface area (Å²) in [7, 11) is -1.68. The zero-order valence-corrected chi connectivity index (χ0v) is 29.0. The predicted octanol–water partition coefficient (Wildman–Crippen LogP) is 9.57. The van der Waals surface area contributed by atoms with Crippen LogP contribution in [0.1, 0.15) is 121 Å². The molecule has 0 aliphatic carbocycles. The highest BCUT2D eigenvalue weighted by Gasteiger charge is 2.35. The normalized spacial score (nSPS) is 11.6. The Labute approximate surface area is 276 Å². The molecule has 0 unspecified atom stereocenters. The summed E-state index contributed by atoms with van der Waals surface area (Å²) < 4.78 is 6.26. The topological polar surface area (TPSA) is 49.7 Å². The molecule has 248 valence electrons. The zero-order chi connectivity index (χ0) is 32.6. The van der Waals surface area contributed by atoms with Crippen LogP contribution >= 0.6 is 0 Å². The van der Waals surface area contributed by atoms with Crippen molar-refractivity contribution in [3.05, 3.63) is 108 Å². The Hall–Kier alpha value is -2.44. The molecule has 0 spiro atoms. The molecule has 3 rings (SSSR count). The van der Waals surface area contributed by atoms with Gasteiger partial charge in [0.25, 0.3) is 0 Å². The SMILES string of the molecule is CCCC[N+](CCCC)(CCCC)CCCC.OB(O)OCCCCCC(c1ccccc1)(c1ccccc1)c1ccccc1. The Morgan fingerprint density at radius 3 is 1.18 bits per heavy atom. The van der Waals surface area contributed by atoms with Crippen molar-refractivity contribution >= 4 is 7.32 Å². The summed E-state index contributed by atoms with van der Waals surface area (Å²) in [4.78, 5) is 0. The molecule has 2 N–H and O–H groups in total. The fraction of sp³-hybridized carbons (Fsp3) is 0.550. The van der Waals surface area contributed by atoms with Crippen LogP contribution in [-0.4, -0.2) is 54.6 Å². The van der Waals surface area contributed by atoms with Crippen molar-refractivity contribution in [3.63, 3.8) is 0 Å². The molecular weight excluding hydrogens is 553 g/mol. The van der Waals surface area contributed by atoms with Gasteiger partial charge in [0, 0.05) is 12.0 Å². The second-order valence-electron chi connectivity index (χ2n) is 12.7. The summed E-state index contributed by atoms with van der Waals surface area (Å²) in [6.07, 6.45) is 14.8. The van der Waals surface area contributed by atoms with E-state index in [-0.39, 0.29) is 5.41 Å². The van der Waals surface area contributed by atoms with Crippen LogP contribution in [0.2, 0.25) is 0 Å². The van der Waals surface area contributed by atoms with Crippen LogP contribution in [-0.2, 0) is 10.1 Å². The fourth-order valence-electron chi connectivity index (χ4n) is 6.60. The molecule has 0 bridgehead atoms. The lowest BCUT2D eigenvalue weighted by atomic mass is 9.66.